The second-order valence-electron chi connectivity index (χ2n) is 5.84. The van der Waals surface area contributed by atoms with Crippen LogP contribution in [0.5, 0.6) is 0 Å². The monoisotopic (exact) mass is 366 g/mol. The van der Waals surface area contributed by atoms with Crippen LogP contribution in [0.4, 0.5) is 5.69 Å². The van der Waals surface area contributed by atoms with Crippen molar-refractivity contribution in [3.63, 3.8) is 0 Å². The number of rotatable bonds is 4. The summed E-state index contributed by atoms with van der Waals surface area (Å²) >= 11 is 3.45. The SMILES string of the molecule is CC(/C=C1\Sc2ccccc2N1CCO)=C\c1nc2ccccc2s1. The lowest BCUT2D eigenvalue weighted by atomic mass is 10.2. The number of allylic oxidation sites excluding steroid dienone is 2. The third kappa shape index (κ3) is 3.35. The van der Waals surface area contributed by atoms with Crippen LogP contribution in [0.1, 0.15) is 11.9 Å². The molecule has 0 aliphatic carbocycles. The zero-order valence-corrected chi connectivity index (χ0v) is 15.5. The summed E-state index contributed by atoms with van der Waals surface area (Å²) in [5.41, 5.74) is 3.36. The molecule has 0 unspecified atom stereocenters. The van der Waals surface area contributed by atoms with Gasteiger partial charge in [-0.05, 0) is 48.9 Å². The molecule has 3 nitrogen and oxygen atoms in total. The Kier molecular flexibility index (Phi) is 4.61. The molecule has 5 heteroatoms. The molecule has 4 rings (SSSR count). The van der Waals surface area contributed by atoms with E-state index in [9.17, 15) is 5.11 Å². The molecule has 1 aliphatic rings. The van der Waals surface area contributed by atoms with E-state index in [1.165, 1.54) is 15.3 Å². The fourth-order valence-corrected chi connectivity index (χ4v) is 5.05. The van der Waals surface area contributed by atoms with Crippen molar-refractivity contribution in [2.45, 2.75) is 11.8 Å². The van der Waals surface area contributed by atoms with E-state index in [2.05, 4.69) is 53.2 Å². The van der Waals surface area contributed by atoms with Crippen molar-refractivity contribution in [2.75, 3.05) is 18.1 Å². The van der Waals surface area contributed by atoms with Crippen LogP contribution in [0.2, 0.25) is 0 Å². The predicted octanol–water partition coefficient (Wildman–Crippen LogP) is 5.15. The standard InChI is InChI=1S/C20H18N2OS2/c1-14(12-19-21-15-6-2-4-8-17(15)24-19)13-20-22(10-11-23)16-7-3-5-9-18(16)25-20/h2-9,12-13,23H,10-11H2,1H3/b14-12+,20-13-. The molecule has 0 bridgehead atoms. The molecule has 126 valence electrons. The second-order valence-corrected chi connectivity index (χ2v) is 7.96. The van der Waals surface area contributed by atoms with E-state index in [1.54, 1.807) is 23.1 Å². The molecule has 1 aromatic heterocycles. The van der Waals surface area contributed by atoms with E-state index >= 15 is 0 Å². The lowest BCUT2D eigenvalue weighted by Crippen LogP contribution is -2.21. The number of nitrogens with zero attached hydrogens (tertiary/aromatic N) is 2. The Hall–Kier alpha value is -2.08. The van der Waals surface area contributed by atoms with Crippen molar-refractivity contribution in [3.8, 4) is 0 Å². The lowest BCUT2D eigenvalue weighted by Gasteiger charge is -2.19. The summed E-state index contributed by atoms with van der Waals surface area (Å²) in [4.78, 5) is 8.08. The average molecular weight is 367 g/mol. The van der Waals surface area contributed by atoms with Crippen molar-refractivity contribution >= 4 is 45.1 Å². The first-order valence-electron chi connectivity index (χ1n) is 8.15. The number of hydrogen-bond donors (Lipinski definition) is 1. The number of para-hydroxylation sites is 2. The summed E-state index contributed by atoms with van der Waals surface area (Å²) in [5, 5.41) is 11.6. The number of benzene rings is 2. The van der Waals surface area contributed by atoms with Crippen LogP contribution in [0.15, 0.2) is 70.1 Å². The largest absolute Gasteiger partial charge is 0.395 e. The first-order chi connectivity index (χ1) is 12.2. The van der Waals surface area contributed by atoms with Crippen molar-refractivity contribution in [3.05, 3.63) is 70.2 Å². The highest BCUT2D eigenvalue weighted by Crippen LogP contribution is 2.45. The maximum atomic E-state index is 9.42. The molecule has 0 saturated heterocycles. The van der Waals surface area contributed by atoms with E-state index in [1.807, 2.05) is 24.3 Å². The summed E-state index contributed by atoms with van der Waals surface area (Å²) in [6, 6.07) is 16.5. The van der Waals surface area contributed by atoms with Crippen molar-refractivity contribution in [2.24, 2.45) is 0 Å². The number of anilines is 1. The minimum Gasteiger partial charge on any atom is -0.395 e. The molecule has 25 heavy (non-hydrogen) atoms. The van der Waals surface area contributed by atoms with E-state index in [0.29, 0.717) is 6.54 Å². The molecule has 3 aromatic rings. The summed E-state index contributed by atoms with van der Waals surface area (Å²) in [5.74, 6) is 0. The minimum absolute atomic E-state index is 0.132. The summed E-state index contributed by atoms with van der Waals surface area (Å²) in [6.45, 7) is 2.83. The molecule has 0 spiro atoms. The third-order valence-corrected chi connectivity index (χ3v) is 6.07. The smallest absolute Gasteiger partial charge is 0.117 e. The van der Waals surface area contributed by atoms with Gasteiger partial charge in [0.05, 0.1) is 27.5 Å². The lowest BCUT2D eigenvalue weighted by molar-refractivity contribution is 0.305. The van der Waals surface area contributed by atoms with Gasteiger partial charge >= 0.3 is 0 Å². The Bertz CT molecular complexity index is 941. The molecule has 0 radical (unpaired) electrons. The van der Waals surface area contributed by atoms with E-state index in [0.717, 1.165) is 21.1 Å². The first kappa shape index (κ1) is 16.4. The molecule has 1 aliphatic heterocycles. The zero-order valence-electron chi connectivity index (χ0n) is 13.8. The predicted molar refractivity (Wildman–Crippen MR) is 108 cm³/mol. The van der Waals surface area contributed by atoms with Crippen LogP contribution in [0.3, 0.4) is 0 Å². The number of fused-ring (bicyclic) bond motifs is 2. The third-order valence-electron chi connectivity index (χ3n) is 3.97. The molecular weight excluding hydrogens is 348 g/mol. The number of aliphatic hydroxyl groups excluding tert-OH is 1. The molecule has 2 heterocycles. The van der Waals surface area contributed by atoms with Gasteiger partial charge in [-0.15, -0.1) is 11.3 Å². The molecular formula is C20H18N2OS2. The maximum absolute atomic E-state index is 9.42. The van der Waals surface area contributed by atoms with Gasteiger partial charge in [0.2, 0.25) is 0 Å². The van der Waals surface area contributed by atoms with Crippen LogP contribution < -0.4 is 4.90 Å². The summed E-state index contributed by atoms with van der Waals surface area (Å²) in [7, 11) is 0. The van der Waals surface area contributed by atoms with Gasteiger partial charge in [0.25, 0.3) is 0 Å². The highest BCUT2D eigenvalue weighted by Gasteiger charge is 2.23. The van der Waals surface area contributed by atoms with Crippen LogP contribution in [0.25, 0.3) is 16.3 Å². The van der Waals surface area contributed by atoms with Crippen LogP contribution >= 0.6 is 23.1 Å². The van der Waals surface area contributed by atoms with Crippen molar-refractivity contribution in [1.82, 2.24) is 4.98 Å². The topological polar surface area (TPSA) is 36.4 Å². The van der Waals surface area contributed by atoms with E-state index in [4.69, 9.17) is 0 Å². The summed E-state index contributed by atoms with van der Waals surface area (Å²) < 4.78 is 1.21. The van der Waals surface area contributed by atoms with Gasteiger partial charge in [-0.2, -0.15) is 0 Å². The number of thioether (sulfide) groups is 1. The minimum atomic E-state index is 0.132. The second kappa shape index (κ2) is 7.04. The highest BCUT2D eigenvalue weighted by molar-refractivity contribution is 8.03. The number of hydrogen-bond acceptors (Lipinski definition) is 5. The van der Waals surface area contributed by atoms with Crippen LogP contribution in [-0.2, 0) is 0 Å². The zero-order chi connectivity index (χ0) is 17.2. The van der Waals surface area contributed by atoms with Gasteiger partial charge in [-0.1, -0.05) is 36.0 Å². The fourth-order valence-electron chi connectivity index (χ4n) is 2.87. The van der Waals surface area contributed by atoms with Crippen molar-refractivity contribution < 1.29 is 5.11 Å². The van der Waals surface area contributed by atoms with Gasteiger partial charge in [0.1, 0.15) is 5.01 Å². The summed E-state index contributed by atoms with van der Waals surface area (Å²) in [6.07, 6.45) is 4.30. The van der Waals surface area contributed by atoms with Gasteiger partial charge in [0.15, 0.2) is 0 Å². The fraction of sp³-hybridized carbons (Fsp3) is 0.150. The molecule has 0 atom stereocenters. The van der Waals surface area contributed by atoms with Crippen LogP contribution in [-0.4, -0.2) is 23.2 Å². The van der Waals surface area contributed by atoms with Gasteiger partial charge in [-0.25, -0.2) is 4.98 Å². The Labute approximate surface area is 155 Å². The Balaban J connectivity index is 1.65. The number of β-amino-alcohol motifs (C(OH)–C–C–N with tert-alkyl or cyclic N) is 1. The first-order valence-corrected chi connectivity index (χ1v) is 9.79. The molecule has 0 saturated carbocycles. The number of aliphatic hydroxyl groups is 1. The van der Waals surface area contributed by atoms with Gasteiger partial charge in [-0.3, -0.25) is 0 Å². The van der Waals surface area contributed by atoms with Gasteiger partial charge in [0, 0.05) is 11.4 Å². The Morgan fingerprint density at radius 1 is 1.16 bits per heavy atom. The highest BCUT2D eigenvalue weighted by atomic mass is 32.2. The van der Waals surface area contributed by atoms with E-state index < -0.39 is 0 Å². The Morgan fingerprint density at radius 3 is 2.80 bits per heavy atom. The Morgan fingerprint density at radius 2 is 1.96 bits per heavy atom. The molecule has 1 N–H and O–H groups in total. The van der Waals surface area contributed by atoms with E-state index in [-0.39, 0.29) is 6.61 Å². The van der Waals surface area contributed by atoms with Crippen molar-refractivity contribution in [1.29, 1.82) is 0 Å². The normalized spacial score (nSPS) is 16.0. The molecule has 0 amide bonds. The maximum Gasteiger partial charge on any atom is 0.117 e. The number of thiazole rings is 1. The number of aromatic nitrogens is 1. The molecule has 2 aromatic carbocycles. The quantitative estimate of drug-likeness (QED) is 0.693. The average Bonchev–Trinajstić information content (AvgIpc) is 3.16. The molecule has 0 fully saturated rings. The van der Waals surface area contributed by atoms with Gasteiger partial charge < -0.3 is 10.0 Å². The van der Waals surface area contributed by atoms with Crippen LogP contribution in [0, 0.1) is 0 Å².